The van der Waals surface area contributed by atoms with Crippen LogP contribution in [0.1, 0.15) is 374 Å². The van der Waals surface area contributed by atoms with Crippen molar-refractivity contribution in [2.24, 2.45) is 5.92 Å². The van der Waals surface area contributed by atoms with Crippen LogP contribution in [-0.2, 0) is 28.6 Å². The van der Waals surface area contributed by atoms with Crippen LogP contribution in [0.2, 0.25) is 0 Å². The summed E-state index contributed by atoms with van der Waals surface area (Å²) in [7, 11) is 0. The molecule has 422 valence electrons. The molecule has 6 heteroatoms. The second-order valence-corrected chi connectivity index (χ2v) is 22.9. The molecule has 0 fully saturated rings. The summed E-state index contributed by atoms with van der Waals surface area (Å²) in [5, 5.41) is 0. The molecule has 0 saturated carbocycles. The van der Waals surface area contributed by atoms with Crippen molar-refractivity contribution in [1.82, 2.24) is 0 Å². The maximum Gasteiger partial charge on any atom is 0.306 e. The van der Waals surface area contributed by atoms with Crippen molar-refractivity contribution in [2.75, 3.05) is 13.2 Å². The number of esters is 3. The maximum absolute atomic E-state index is 12.9. The van der Waals surface area contributed by atoms with E-state index in [0.29, 0.717) is 19.3 Å². The van der Waals surface area contributed by atoms with E-state index >= 15 is 0 Å². The summed E-state index contributed by atoms with van der Waals surface area (Å²) in [4.78, 5) is 38.3. The lowest BCUT2D eigenvalue weighted by Crippen LogP contribution is -2.30. The number of hydrogen-bond acceptors (Lipinski definition) is 6. The van der Waals surface area contributed by atoms with Gasteiger partial charge in [-0.1, -0.05) is 336 Å². The van der Waals surface area contributed by atoms with Gasteiger partial charge in [0.1, 0.15) is 13.2 Å². The fraction of sp³-hybridized carbons (Fsp3) is 0.954. The van der Waals surface area contributed by atoms with E-state index in [0.717, 1.165) is 63.7 Å². The number of ether oxygens (including phenoxy) is 3. The Balaban J connectivity index is 4.24. The first-order chi connectivity index (χ1) is 34.9. The van der Waals surface area contributed by atoms with Gasteiger partial charge in [-0.15, -0.1) is 0 Å². The van der Waals surface area contributed by atoms with Crippen molar-refractivity contribution >= 4 is 17.9 Å². The molecule has 0 bridgehead atoms. The Labute approximate surface area is 444 Å². The zero-order valence-corrected chi connectivity index (χ0v) is 48.7. The van der Waals surface area contributed by atoms with Crippen LogP contribution in [-0.4, -0.2) is 37.2 Å². The molecule has 0 N–H and O–H groups in total. The molecule has 0 aromatic carbocycles. The van der Waals surface area contributed by atoms with E-state index in [4.69, 9.17) is 14.2 Å². The zero-order chi connectivity index (χ0) is 51.6. The molecule has 0 aliphatic heterocycles. The fourth-order valence-corrected chi connectivity index (χ4v) is 10.2. The molecule has 6 nitrogen and oxygen atoms in total. The van der Waals surface area contributed by atoms with Crippen LogP contribution in [0.3, 0.4) is 0 Å². The summed E-state index contributed by atoms with van der Waals surface area (Å²) >= 11 is 0. The SMILES string of the molecule is CCCCCCCCCCCCCCCCCCCCCC(=O)O[C@@H](COC(=O)CCCCCCCCCCCCCCC)COC(=O)CCCCCCCCCCCCCCCCCCCCC(C)C. The van der Waals surface area contributed by atoms with Gasteiger partial charge in [-0.3, -0.25) is 14.4 Å². The minimum absolute atomic E-state index is 0.0610. The minimum atomic E-state index is -0.763. The van der Waals surface area contributed by atoms with E-state index in [2.05, 4.69) is 27.7 Å². The van der Waals surface area contributed by atoms with Crippen LogP contribution in [0.15, 0.2) is 0 Å². The zero-order valence-electron chi connectivity index (χ0n) is 48.7. The van der Waals surface area contributed by atoms with E-state index in [1.807, 2.05) is 0 Å². The lowest BCUT2D eigenvalue weighted by atomic mass is 10.0. The predicted molar refractivity (Wildman–Crippen MR) is 307 cm³/mol. The molecular formula is C65H126O6. The number of carbonyl (C=O) groups excluding carboxylic acids is 3. The topological polar surface area (TPSA) is 78.9 Å². The normalized spacial score (nSPS) is 12.0. The predicted octanol–water partition coefficient (Wildman–Crippen LogP) is 21.7. The highest BCUT2D eigenvalue weighted by molar-refractivity contribution is 5.71. The summed E-state index contributed by atoms with van der Waals surface area (Å²) in [6.45, 7) is 9.10. The van der Waals surface area contributed by atoms with Crippen molar-refractivity contribution in [3.05, 3.63) is 0 Å². The lowest BCUT2D eigenvalue weighted by molar-refractivity contribution is -0.167. The van der Waals surface area contributed by atoms with Gasteiger partial charge in [0, 0.05) is 19.3 Å². The van der Waals surface area contributed by atoms with Gasteiger partial charge in [0.05, 0.1) is 0 Å². The van der Waals surface area contributed by atoms with Crippen molar-refractivity contribution in [1.29, 1.82) is 0 Å². The number of unbranched alkanes of at least 4 members (excludes halogenated alkanes) is 47. The Hall–Kier alpha value is -1.59. The van der Waals surface area contributed by atoms with Gasteiger partial charge in [0.15, 0.2) is 6.10 Å². The molecule has 0 saturated heterocycles. The first-order valence-electron chi connectivity index (χ1n) is 32.4. The highest BCUT2D eigenvalue weighted by Gasteiger charge is 2.19. The average molecular weight is 1000 g/mol. The molecular weight excluding hydrogens is 877 g/mol. The lowest BCUT2D eigenvalue weighted by Gasteiger charge is -2.18. The second kappa shape index (κ2) is 59.3. The molecule has 0 unspecified atom stereocenters. The Kier molecular flexibility index (Phi) is 58.0. The van der Waals surface area contributed by atoms with Gasteiger partial charge >= 0.3 is 17.9 Å². The van der Waals surface area contributed by atoms with Crippen LogP contribution in [0.25, 0.3) is 0 Å². The molecule has 0 rings (SSSR count). The molecule has 1 atom stereocenters. The van der Waals surface area contributed by atoms with Gasteiger partial charge in [-0.25, -0.2) is 0 Å². The molecule has 0 radical (unpaired) electrons. The third kappa shape index (κ3) is 59.2. The van der Waals surface area contributed by atoms with Crippen LogP contribution in [0.5, 0.6) is 0 Å². The van der Waals surface area contributed by atoms with Crippen LogP contribution < -0.4 is 0 Å². The van der Waals surface area contributed by atoms with Crippen molar-refractivity contribution in [3.8, 4) is 0 Å². The molecule has 71 heavy (non-hydrogen) atoms. The standard InChI is InChI=1S/C65H126O6/c1-5-7-9-11-13-15-17-19-20-21-22-27-30-34-38-42-46-50-54-58-65(68)71-62(59-69-63(66)56-52-48-44-40-36-31-18-16-14-12-10-8-6-2)60-70-64(67)57-53-49-45-41-37-33-29-26-24-23-25-28-32-35-39-43-47-51-55-61(3)4/h61-62H,5-60H2,1-4H3/t62-/m0/s1. The minimum Gasteiger partial charge on any atom is -0.462 e. The molecule has 0 heterocycles. The van der Waals surface area contributed by atoms with Gasteiger partial charge in [0.2, 0.25) is 0 Å². The van der Waals surface area contributed by atoms with E-state index < -0.39 is 6.10 Å². The Morgan fingerprint density at radius 1 is 0.268 bits per heavy atom. The molecule has 0 aromatic heterocycles. The van der Waals surface area contributed by atoms with Crippen LogP contribution in [0.4, 0.5) is 0 Å². The molecule has 0 aliphatic carbocycles. The largest absolute Gasteiger partial charge is 0.462 e. The highest BCUT2D eigenvalue weighted by Crippen LogP contribution is 2.19. The monoisotopic (exact) mass is 1000 g/mol. The van der Waals surface area contributed by atoms with Crippen molar-refractivity contribution in [3.63, 3.8) is 0 Å². The first kappa shape index (κ1) is 69.4. The van der Waals surface area contributed by atoms with E-state index in [1.54, 1.807) is 0 Å². The number of hydrogen-bond donors (Lipinski definition) is 0. The summed E-state index contributed by atoms with van der Waals surface area (Å²) in [6, 6.07) is 0. The molecule has 0 aromatic rings. The van der Waals surface area contributed by atoms with E-state index in [1.165, 1.54) is 270 Å². The molecule has 0 spiro atoms. The van der Waals surface area contributed by atoms with Gasteiger partial charge < -0.3 is 14.2 Å². The summed E-state index contributed by atoms with van der Waals surface area (Å²) < 4.78 is 17.0. The summed E-state index contributed by atoms with van der Waals surface area (Å²) in [5.41, 5.74) is 0. The molecule has 0 aliphatic rings. The van der Waals surface area contributed by atoms with E-state index in [-0.39, 0.29) is 31.1 Å². The third-order valence-electron chi connectivity index (χ3n) is 15.0. The number of carbonyl (C=O) groups is 3. The number of rotatable bonds is 60. The average Bonchev–Trinajstić information content (AvgIpc) is 3.36. The van der Waals surface area contributed by atoms with Crippen LogP contribution >= 0.6 is 0 Å². The maximum atomic E-state index is 12.9. The van der Waals surface area contributed by atoms with Gasteiger partial charge in [-0.05, 0) is 25.2 Å². The Morgan fingerprint density at radius 3 is 0.690 bits per heavy atom. The Bertz CT molecular complexity index is 1070. The van der Waals surface area contributed by atoms with Crippen molar-refractivity contribution in [2.45, 2.75) is 381 Å². The second-order valence-electron chi connectivity index (χ2n) is 22.9. The molecule has 0 amide bonds. The third-order valence-corrected chi connectivity index (χ3v) is 15.0. The van der Waals surface area contributed by atoms with Gasteiger partial charge in [0.25, 0.3) is 0 Å². The quantitative estimate of drug-likeness (QED) is 0.0343. The fourth-order valence-electron chi connectivity index (χ4n) is 10.2. The summed E-state index contributed by atoms with van der Waals surface area (Å²) in [6.07, 6.45) is 66.8. The first-order valence-corrected chi connectivity index (χ1v) is 32.4. The highest BCUT2D eigenvalue weighted by atomic mass is 16.6. The smallest absolute Gasteiger partial charge is 0.306 e. The summed E-state index contributed by atoms with van der Waals surface area (Å²) in [5.74, 6) is 0.0322. The van der Waals surface area contributed by atoms with Crippen molar-refractivity contribution < 1.29 is 28.6 Å². The van der Waals surface area contributed by atoms with E-state index in [9.17, 15) is 14.4 Å². The Morgan fingerprint density at radius 2 is 0.465 bits per heavy atom. The van der Waals surface area contributed by atoms with Gasteiger partial charge in [-0.2, -0.15) is 0 Å². The van der Waals surface area contributed by atoms with Crippen LogP contribution in [0, 0.1) is 5.92 Å².